The fraction of sp³-hybridized carbons (Fsp3) is 0.714. The molecule has 0 bridgehead atoms. The van der Waals surface area contributed by atoms with Crippen LogP contribution in [0.15, 0.2) is 12.2 Å². The highest BCUT2D eigenvalue weighted by Crippen LogP contribution is 2.30. The van der Waals surface area contributed by atoms with E-state index in [0.29, 0.717) is 12.8 Å². The molecule has 1 saturated carbocycles. The first-order valence-electron chi connectivity index (χ1n) is 3.36. The second-order valence-electron chi connectivity index (χ2n) is 2.70. The van der Waals surface area contributed by atoms with E-state index >= 15 is 0 Å². The molecule has 1 fully saturated rings. The van der Waals surface area contributed by atoms with E-state index in [0.717, 1.165) is 5.57 Å². The minimum absolute atomic E-state index is 0.110. The summed E-state index contributed by atoms with van der Waals surface area (Å²) in [5, 5.41) is 17.0. The van der Waals surface area contributed by atoms with Gasteiger partial charge in [-0.1, -0.05) is 12.2 Å². The molecule has 2 N–H and O–H groups in total. The molecule has 1 aliphatic rings. The molecule has 0 spiro atoms. The molecule has 0 saturated heterocycles. The Morgan fingerprint density at radius 1 is 1.70 bits per heavy atom. The lowest BCUT2D eigenvalue weighted by Crippen LogP contribution is -2.07. The SMILES string of the molecule is C=C1CC(OO)CC1CO. The molecule has 0 amide bonds. The van der Waals surface area contributed by atoms with Crippen molar-refractivity contribution in [2.24, 2.45) is 5.92 Å². The maximum Gasteiger partial charge on any atom is 0.0970 e. The number of hydrogen-bond donors (Lipinski definition) is 2. The second-order valence-corrected chi connectivity index (χ2v) is 2.70. The van der Waals surface area contributed by atoms with Gasteiger partial charge in [0.25, 0.3) is 0 Å². The standard InChI is InChI=1S/C7H12O3/c1-5-2-7(10-9)3-6(5)4-8/h6-9H,1-4H2. The Morgan fingerprint density at radius 3 is 2.70 bits per heavy atom. The summed E-state index contributed by atoms with van der Waals surface area (Å²) in [5.74, 6) is 0.122. The van der Waals surface area contributed by atoms with Gasteiger partial charge in [0.2, 0.25) is 0 Å². The average Bonchev–Trinajstić information content (AvgIpc) is 2.30. The lowest BCUT2D eigenvalue weighted by atomic mass is 10.1. The van der Waals surface area contributed by atoms with Crippen molar-refractivity contribution >= 4 is 0 Å². The molecule has 3 heteroatoms. The minimum atomic E-state index is -0.148. The maximum absolute atomic E-state index is 8.75. The molecular formula is C7H12O3. The summed E-state index contributed by atoms with van der Waals surface area (Å²) in [6, 6.07) is 0. The van der Waals surface area contributed by atoms with Gasteiger partial charge in [-0.3, -0.25) is 5.26 Å². The summed E-state index contributed by atoms with van der Waals surface area (Å²) < 4.78 is 0. The van der Waals surface area contributed by atoms with Gasteiger partial charge in [0.1, 0.15) is 0 Å². The van der Waals surface area contributed by atoms with Crippen LogP contribution in [0.1, 0.15) is 12.8 Å². The van der Waals surface area contributed by atoms with Gasteiger partial charge in [0, 0.05) is 12.5 Å². The Kier molecular flexibility index (Phi) is 2.43. The normalized spacial score (nSPS) is 33.2. The molecule has 2 atom stereocenters. The minimum Gasteiger partial charge on any atom is -0.396 e. The van der Waals surface area contributed by atoms with Gasteiger partial charge < -0.3 is 5.11 Å². The highest BCUT2D eigenvalue weighted by Gasteiger charge is 2.27. The highest BCUT2D eigenvalue weighted by molar-refractivity contribution is 5.08. The van der Waals surface area contributed by atoms with Crippen LogP contribution in [0.2, 0.25) is 0 Å². The van der Waals surface area contributed by atoms with Crippen LogP contribution in [0, 0.1) is 5.92 Å². The lowest BCUT2D eigenvalue weighted by molar-refractivity contribution is -0.276. The molecule has 2 unspecified atom stereocenters. The predicted octanol–water partition coefficient (Wildman–Crippen LogP) is 0.803. The van der Waals surface area contributed by atoms with Gasteiger partial charge >= 0.3 is 0 Å². The van der Waals surface area contributed by atoms with Crippen LogP contribution in [0.25, 0.3) is 0 Å². The van der Waals surface area contributed by atoms with E-state index in [-0.39, 0.29) is 18.6 Å². The average molecular weight is 144 g/mol. The lowest BCUT2D eigenvalue weighted by Gasteiger charge is -2.04. The van der Waals surface area contributed by atoms with Gasteiger partial charge in [-0.25, -0.2) is 4.89 Å². The molecule has 0 radical (unpaired) electrons. The van der Waals surface area contributed by atoms with E-state index in [1.165, 1.54) is 0 Å². The fourth-order valence-electron chi connectivity index (χ4n) is 1.31. The van der Waals surface area contributed by atoms with Crippen molar-refractivity contribution < 1.29 is 15.3 Å². The topological polar surface area (TPSA) is 49.7 Å². The van der Waals surface area contributed by atoms with Crippen LogP contribution in [0.3, 0.4) is 0 Å². The van der Waals surface area contributed by atoms with Crippen molar-refractivity contribution in [2.75, 3.05) is 6.61 Å². The third-order valence-corrected chi connectivity index (χ3v) is 1.98. The zero-order valence-electron chi connectivity index (χ0n) is 5.79. The monoisotopic (exact) mass is 144 g/mol. The molecule has 58 valence electrons. The quantitative estimate of drug-likeness (QED) is 0.342. The van der Waals surface area contributed by atoms with E-state index in [9.17, 15) is 0 Å². The van der Waals surface area contributed by atoms with Gasteiger partial charge in [-0.15, -0.1) is 0 Å². The largest absolute Gasteiger partial charge is 0.396 e. The van der Waals surface area contributed by atoms with Gasteiger partial charge in [-0.2, -0.15) is 0 Å². The van der Waals surface area contributed by atoms with Crippen molar-refractivity contribution in [2.45, 2.75) is 18.9 Å². The van der Waals surface area contributed by atoms with Crippen LogP contribution < -0.4 is 0 Å². The smallest absolute Gasteiger partial charge is 0.0970 e. The summed E-state index contributed by atoms with van der Waals surface area (Å²) in [4.78, 5) is 4.14. The van der Waals surface area contributed by atoms with Crippen LogP contribution >= 0.6 is 0 Å². The summed E-state index contributed by atoms with van der Waals surface area (Å²) in [6.45, 7) is 3.86. The summed E-state index contributed by atoms with van der Waals surface area (Å²) in [7, 11) is 0. The third kappa shape index (κ3) is 1.37. The van der Waals surface area contributed by atoms with E-state index in [1.54, 1.807) is 0 Å². The summed E-state index contributed by atoms with van der Waals surface area (Å²) in [5.41, 5.74) is 0.974. The molecular weight excluding hydrogens is 132 g/mol. The number of aliphatic hydroxyl groups is 1. The van der Waals surface area contributed by atoms with Gasteiger partial charge in [0.05, 0.1) is 6.10 Å². The number of rotatable bonds is 2. The second kappa shape index (κ2) is 3.14. The number of hydrogen-bond acceptors (Lipinski definition) is 3. The Bertz CT molecular complexity index is 133. The van der Waals surface area contributed by atoms with Gasteiger partial charge in [0.15, 0.2) is 0 Å². The van der Waals surface area contributed by atoms with E-state index in [1.807, 2.05) is 0 Å². The zero-order chi connectivity index (χ0) is 7.56. The first-order valence-corrected chi connectivity index (χ1v) is 3.36. The highest BCUT2D eigenvalue weighted by atomic mass is 17.1. The van der Waals surface area contributed by atoms with Crippen molar-refractivity contribution in [1.29, 1.82) is 0 Å². The fourth-order valence-corrected chi connectivity index (χ4v) is 1.31. The Hall–Kier alpha value is -0.380. The molecule has 1 aliphatic carbocycles. The third-order valence-electron chi connectivity index (χ3n) is 1.98. The molecule has 0 aliphatic heterocycles. The first kappa shape index (κ1) is 7.72. The Balaban J connectivity index is 2.44. The van der Waals surface area contributed by atoms with E-state index in [2.05, 4.69) is 11.5 Å². The van der Waals surface area contributed by atoms with Crippen LogP contribution in [0.5, 0.6) is 0 Å². The van der Waals surface area contributed by atoms with Crippen LogP contribution in [-0.2, 0) is 4.89 Å². The van der Waals surface area contributed by atoms with E-state index < -0.39 is 0 Å². The molecule has 0 aromatic carbocycles. The predicted molar refractivity (Wildman–Crippen MR) is 36.5 cm³/mol. The van der Waals surface area contributed by atoms with Crippen LogP contribution in [0.4, 0.5) is 0 Å². The zero-order valence-corrected chi connectivity index (χ0v) is 5.79. The van der Waals surface area contributed by atoms with Crippen molar-refractivity contribution in [3.63, 3.8) is 0 Å². The molecule has 0 aromatic rings. The Morgan fingerprint density at radius 2 is 2.40 bits per heavy atom. The summed E-state index contributed by atoms with van der Waals surface area (Å²) >= 11 is 0. The summed E-state index contributed by atoms with van der Waals surface area (Å²) in [6.07, 6.45) is 1.21. The number of aliphatic hydroxyl groups excluding tert-OH is 1. The van der Waals surface area contributed by atoms with Crippen molar-refractivity contribution in [3.8, 4) is 0 Å². The molecule has 10 heavy (non-hydrogen) atoms. The Labute approximate surface area is 59.9 Å². The molecule has 0 aromatic heterocycles. The first-order chi connectivity index (χ1) is 4.77. The van der Waals surface area contributed by atoms with E-state index in [4.69, 9.17) is 10.4 Å². The van der Waals surface area contributed by atoms with Crippen LogP contribution in [-0.4, -0.2) is 23.1 Å². The molecule has 1 rings (SSSR count). The maximum atomic E-state index is 8.75. The molecule has 0 heterocycles. The van der Waals surface area contributed by atoms with Crippen molar-refractivity contribution in [3.05, 3.63) is 12.2 Å². The molecule has 3 nitrogen and oxygen atoms in total. The van der Waals surface area contributed by atoms with Crippen molar-refractivity contribution in [1.82, 2.24) is 0 Å². The van der Waals surface area contributed by atoms with Gasteiger partial charge in [-0.05, 0) is 12.8 Å².